The summed E-state index contributed by atoms with van der Waals surface area (Å²) in [6, 6.07) is -1.37. The Morgan fingerprint density at radius 3 is 2.56 bits per heavy atom. The van der Waals surface area contributed by atoms with Crippen molar-refractivity contribution in [1.82, 2.24) is 10.2 Å². The first-order valence-electron chi connectivity index (χ1n) is 5.85. The van der Waals surface area contributed by atoms with Crippen molar-refractivity contribution in [2.45, 2.75) is 32.4 Å². The summed E-state index contributed by atoms with van der Waals surface area (Å²) in [7, 11) is 1.59. The summed E-state index contributed by atoms with van der Waals surface area (Å²) in [5, 5.41) is 11.3. The average Bonchev–Trinajstić information content (AvgIpc) is 2.27. The van der Waals surface area contributed by atoms with Gasteiger partial charge in [-0.1, -0.05) is 6.08 Å². The van der Waals surface area contributed by atoms with E-state index in [0.29, 0.717) is 13.2 Å². The van der Waals surface area contributed by atoms with E-state index < -0.39 is 18.0 Å². The maximum Gasteiger partial charge on any atom is 0.326 e. The van der Waals surface area contributed by atoms with E-state index in [0.717, 1.165) is 0 Å². The monoisotopic (exact) mass is 258 g/mol. The van der Waals surface area contributed by atoms with Crippen LogP contribution in [0.3, 0.4) is 0 Å². The number of nitrogens with zero attached hydrogens (tertiary/aromatic N) is 1. The predicted octanol–water partition coefficient (Wildman–Crippen LogP) is 1.08. The van der Waals surface area contributed by atoms with E-state index in [1.54, 1.807) is 7.05 Å². The van der Waals surface area contributed by atoms with E-state index in [9.17, 15) is 9.59 Å². The first-order valence-corrected chi connectivity index (χ1v) is 5.85. The van der Waals surface area contributed by atoms with Crippen molar-refractivity contribution in [2.75, 3.05) is 20.2 Å². The van der Waals surface area contributed by atoms with Gasteiger partial charge in [-0.25, -0.2) is 9.59 Å². The number of urea groups is 1. The largest absolute Gasteiger partial charge is 0.480 e. The highest BCUT2D eigenvalue weighted by molar-refractivity contribution is 5.82. The molecule has 0 bridgehead atoms. The fourth-order valence-electron chi connectivity index (χ4n) is 1.17. The number of carbonyl (C=O) groups is 2. The van der Waals surface area contributed by atoms with Crippen molar-refractivity contribution in [1.29, 1.82) is 0 Å². The van der Waals surface area contributed by atoms with Crippen LogP contribution >= 0.6 is 0 Å². The zero-order valence-electron chi connectivity index (χ0n) is 11.2. The second-order valence-electron chi connectivity index (χ2n) is 4.21. The minimum Gasteiger partial charge on any atom is -0.480 e. The van der Waals surface area contributed by atoms with Crippen LogP contribution in [-0.2, 0) is 9.53 Å². The van der Waals surface area contributed by atoms with Gasteiger partial charge in [0.25, 0.3) is 0 Å². The molecule has 0 aromatic carbocycles. The molecule has 0 aliphatic carbocycles. The van der Waals surface area contributed by atoms with Gasteiger partial charge in [-0.2, -0.15) is 0 Å². The summed E-state index contributed by atoms with van der Waals surface area (Å²) < 4.78 is 5.31. The molecule has 6 nitrogen and oxygen atoms in total. The van der Waals surface area contributed by atoms with Gasteiger partial charge in [0, 0.05) is 13.6 Å². The van der Waals surface area contributed by atoms with Gasteiger partial charge in [0.2, 0.25) is 0 Å². The Hall–Kier alpha value is -1.56. The minimum atomic E-state index is -1.07. The predicted molar refractivity (Wildman–Crippen MR) is 68.5 cm³/mol. The third-order valence-electron chi connectivity index (χ3n) is 2.22. The lowest BCUT2D eigenvalue weighted by Crippen LogP contribution is -2.47. The molecule has 6 heteroatoms. The Labute approximate surface area is 108 Å². The van der Waals surface area contributed by atoms with E-state index in [1.165, 1.54) is 11.0 Å². The maximum absolute atomic E-state index is 11.7. The zero-order chi connectivity index (χ0) is 14.1. The van der Waals surface area contributed by atoms with Gasteiger partial charge < -0.3 is 20.1 Å². The lowest BCUT2D eigenvalue weighted by molar-refractivity contribution is -0.139. The Bertz CT molecular complexity index is 292. The fourth-order valence-corrected chi connectivity index (χ4v) is 1.17. The van der Waals surface area contributed by atoms with Crippen molar-refractivity contribution in [2.24, 2.45) is 0 Å². The second kappa shape index (κ2) is 8.52. The highest BCUT2D eigenvalue weighted by Gasteiger charge is 2.20. The van der Waals surface area contributed by atoms with Crippen LogP contribution in [0.4, 0.5) is 4.79 Å². The Morgan fingerprint density at radius 1 is 1.50 bits per heavy atom. The first kappa shape index (κ1) is 16.4. The number of nitrogens with one attached hydrogen (secondary N) is 1. The highest BCUT2D eigenvalue weighted by atomic mass is 16.5. The average molecular weight is 258 g/mol. The number of likely N-dealkylation sites (N-methyl/N-ethyl adjacent to an activating group) is 1. The quantitative estimate of drug-likeness (QED) is 0.639. The molecule has 0 saturated carbocycles. The number of ether oxygens (including phenoxy) is 1. The number of carboxylic acid groups (broad SMARTS) is 1. The normalized spacial score (nSPS) is 12.0. The van der Waals surface area contributed by atoms with Crippen LogP contribution in [0.1, 0.15) is 20.3 Å². The lowest BCUT2D eigenvalue weighted by Gasteiger charge is -2.21. The molecule has 0 aliphatic heterocycles. The van der Waals surface area contributed by atoms with Crippen molar-refractivity contribution in [3.05, 3.63) is 12.7 Å². The number of carboxylic acids is 1. The van der Waals surface area contributed by atoms with Gasteiger partial charge in [0.05, 0.1) is 12.7 Å². The molecule has 1 unspecified atom stereocenters. The molecule has 0 spiro atoms. The van der Waals surface area contributed by atoms with Crippen LogP contribution in [0.5, 0.6) is 0 Å². The van der Waals surface area contributed by atoms with Gasteiger partial charge in [-0.15, -0.1) is 6.58 Å². The van der Waals surface area contributed by atoms with Crippen LogP contribution < -0.4 is 5.32 Å². The molecule has 0 heterocycles. The molecule has 0 aromatic heterocycles. The molecule has 1 atom stereocenters. The van der Waals surface area contributed by atoms with Crippen molar-refractivity contribution in [3.63, 3.8) is 0 Å². The third-order valence-corrected chi connectivity index (χ3v) is 2.22. The molecule has 0 saturated heterocycles. The van der Waals surface area contributed by atoms with Gasteiger partial charge in [-0.05, 0) is 20.3 Å². The standard InChI is InChI=1S/C12H22N2O4/c1-5-6-10(11(15)16)13-12(17)14(4)7-8-18-9(2)3/h5,9-10H,1,6-8H2,2-4H3,(H,13,17)(H,15,16). The summed E-state index contributed by atoms with van der Waals surface area (Å²) in [6.45, 7) is 8.10. The topological polar surface area (TPSA) is 78.9 Å². The van der Waals surface area contributed by atoms with Gasteiger partial charge in [0.1, 0.15) is 6.04 Å². The molecule has 2 N–H and O–H groups in total. The number of aliphatic carboxylic acids is 1. The lowest BCUT2D eigenvalue weighted by atomic mass is 10.2. The zero-order valence-corrected chi connectivity index (χ0v) is 11.2. The molecule has 18 heavy (non-hydrogen) atoms. The number of hydrogen-bond acceptors (Lipinski definition) is 3. The van der Waals surface area contributed by atoms with E-state index >= 15 is 0 Å². The third kappa shape index (κ3) is 6.90. The van der Waals surface area contributed by atoms with Crippen molar-refractivity contribution in [3.8, 4) is 0 Å². The molecule has 0 aromatic rings. The van der Waals surface area contributed by atoms with Crippen LogP contribution in [0.2, 0.25) is 0 Å². The molecule has 0 radical (unpaired) electrons. The van der Waals surface area contributed by atoms with Crippen LogP contribution in [0.15, 0.2) is 12.7 Å². The molecule has 104 valence electrons. The summed E-state index contributed by atoms with van der Waals surface area (Å²) in [5.41, 5.74) is 0. The number of rotatable bonds is 8. The van der Waals surface area contributed by atoms with E-state index in [1.807, 2.05) is 13.8 Å². The van der Waals surface area contributed by atoms with E-state index in [-0.39, 0.29) is 12.5 Å². The van der Waals surface area contributed by atoms with Gasteiger partial charge in [-0.3, -0.25) is 0 Å². The van der Waals surface area contributed by atoms with Crippen LogP contribution in [-0.4, -0.2) is 54.4 Å². The molecular formula is C12H22N2O4. The van der Waals surface area contributed by atoms with Gasteiger partial charge >= 0.3 is 12.0 Å². The van der Waals surface area contributed by atoms with Crippen LogP contribution in [0, 0.1) is 0 Å². The number of amides is 2. The smallest absolute Gasteiger partial charge is 0.326 e. The van der Waals surface area contributed by atoms with E-state index in [4.69, 9.17) is 9.84 Å². The summed E-state index contributed by atoms with van der Waals surface area (Å²) in [5.74, 6) is -1.07. The van der Waals surface area contributed by atoms with E-state index in [2.05, 4.69) is 11.9 Å². The highest BCUT2D eigenvalue weighted by Crippen LogP contribution is 1.96. The molecular weight excluding hydrogens is 236 g/mol. The fraction of sp³-hybridized carbons (Fsp3) is 0.667. The Balaban J connectivity index is 4.12. The van der Waals surface area contributed by atoms with Crippen LogP contribution in [0.25, 0.3) is 0 Å². The summed E-state index contributed by atoms with van der Waals surface area (Å²) >= 11 is 0. The first-order chi connectivity index (χ1) is 8.38. The minimum absolute atomic E-state index is 0.106. The summed E-state index contributed by atoms with van der Waals surface area (Å²) in [6.07, 6.45) is 1.76. The number of carbonyl (C=O) groups excluding carboxylic acids is 1. The Kier molecular flexibility index (Phi) is 7.78. The molecule has 0 rings (SSSR count). The molecule has 0 aliphatic rings. The van der Waals surface area contributed by atoms with Crippen molar-refractivity contribution < 1.29 is 19.4 Å². The maximum atomic E-state index is 11.7. The second-order valence-corrected chi connectivity index (χ2v) is 4.21. The van der Waals surface area contributed by atoms with Crippen molar-refractivity contribution >= 4 is 12.0 Å². The Morgan fingerprint density at radius 2 is 2.11 bits per heavy atom. The molecule has 2 amide bonds. The molecule has 0 fully saturated rings. The SMILES string of the molecule is C=CCC(NC(=O)N(C)CCOC(C)C)C(=O)O. The number of hydrogen-bond donors (Lipinski definition) is 2. The van der Waals surface area contributed by atoms with Gasteiger partial charge in [0.15, 0.2) is 0 Å². The summed E-state index contributed by atoms with van der Waals surface area (Å²) in [4.78, 5) is 23.9.